The lowest BCUT2D eigenvalue weighted by Crippen LogP contribution is -2.41. The zero-order chi connectivity index (χ0) is 22.1. The predicted octanol–water partition coefficient (Wildman–Crippen LogP) is 3.02. The first kappa shape index (κ1) is 22.7. The number of amidine groups is 1. The number of carbonyl (C=O) groups is 2. The second-order valence-corrected chi connectivity index (χ2v) is 5.89. The summed E-state index contributed by atoms with van der Waals surface area (Å²) >= 11 is 6.07. The summed E-state index contributed by atoms with van der Waals surface area (Å²) in [5.74, 6) is -2.25. The van der Waals surface area contributed by atoms with Crippen LogP contribution in [0.3, 0.4) is 0 Å². The van der Waals surface area contributed by atoms with Crippen molar-refractivity contribution in [2.45, 2.75) is 6.18 Å². The van der Waals surface area contributed by atoms with Crippen molar-refractivity contribution in [3.8, 4) is 5.75 Å². The number of rotatable bonds is 6. The second-order valence-electron chi connectivity index (χ2n) is 5.48. The van der Waals surface area contributed by atoms with Crippen molar-refractivity contribution in [1.82, 2.24) is 15.8 Å². The number of carboxylic acid groups (broad SMARTS) is 1. The molecule has 0 fully saturated rings. The average molecular weight is 443 g/mol. The molecule has 1 amide bonds. The number of hydrogen-bond acceptors (Lipinski definition) is 5. The van der Waals surface area contributed by atoms with E-state index in [-0.39, 0.29) is 17.3 Å². The lowest BCUT2D eigenvalue weighted by Gasteiger charge is -2.12. The number of carbonyl (C=O) groups excluding carboxylic acids is 1. The lowest BCUT2D eigenvalue weighted by atomic mass is 10.3. The number of nitrogens with zero attached hydrogens (tertiary/aromatic N) is 2. The molecule has 8 nitrogen and oxygen atoms in total. The van der Waals surface area contributed by atoms with Crippen LogP contribution in [-0.2, 0) is 9.59 Å². The van der Waals surface area contributed by atoms with E-state index >= 15 is 0 Å². The average Bonchev–Trinajstić information content (AvgIpc) is 2.69. The van der Waals surface area contributed by atoms with E-state index in [4.69, 9.17) is 16.7 Å². The minimum absolute atomic E-state index is 0.0115. The number of benzene rings is 1. The van der Waals surface area contributed by atoms with Gasteiger partial charge in [-0.05, 0) is 24.3 Å². The van der Waals surface area contributed by atoms with E-state index in [1.54, 1.807) is 24.3 Å². The first-order chi connectivity index (χ1) is 14.1. The van der Waals surface area contributed by atoms with Gasteiger partial charge in [0.05, 0.1) is 16.9 Å². The molecule has 30 heavy (non-hydrogen) atoms. The molecule has 0 unspecified atom stereocenters. The van der Waals surface area contributed by atoms with Crippen LogP contribution in [0.2, 0.25) is 5.02 Å². The van der Waals surface area contributed by atoms with E-state index in [0.29, 0.717) is 16.8 Å². The number of para-hydroxylation sites is 1. The molecular weight excluding hydrogens is 429 g/mol. The number of aromatic nitrogens is 1. The van der Waals surface area contributed by atoms with Gasteiger partial charge in [0.25, 0.3) is 5.91 Å². The minimum Gasteiger partial charge on any atom is -0.483 e. The van der Waals surface area contributed by atoms with Crippen molar-refractivity contribution in [2.75, 3.05) is 6.61 Å². The highest BCUT2D eigenvalue weighted by Gasteiger charge is 2.28. The Morgan fingerprint density at radius 2 is 1.90 bits per heavy atom. The number of alkyl halides is 3. The van der Waals surface area contributed by atoms with Crippen LogP contribution >= 0.6 is 11.6 Å². The molecule has 2 rings (SSSR count). The highest BCUT2D eigenvalue weighted by molar-refractivity contribution is 6.33. The lowest BCUT2D eigenvalue weighted by molar-refractivity contribution is -0.153. The summed E-state index contributed by atoms with van der Waals surface area (Å²) in [6, 6.07) is 9.05. The van der Waals surface area contributed by atoms with Crippen LogP contribution in [0.15, 0.2) is 59.7 Å². The summed E-state index contributed by atoms with van der Waals surface area (Å²) in [4.78, 5) is 30.4. The van der Waals surface area contributed by atoms with Gasteiger partial charge in [-0.2, -0.15) is 13.2 Å². The Kier molecular flexibility index (Phi) is 7.76. The fourth-order valence-corrected chi connectivity index (χ4v) is 2.07. The van der Waals surface area contributed by atoms with Crippen LogP contribution in [0.5, 0.6) is 5.75 Å². The number of halogens is 4. The largest absolute Gasteiger partial charge is 0.483 e. The van der Waals surface area contributed by atoms with Crippen LogP contribution < -0.4 is 15.6 Å². The second kappa shape index (κ2) is 10.3. The molecule has 1 heterocycles. The maximum Gasteiger partial charge on any atom is 0.422 e. The van der Waals surface area contributed by atoms with E-state index in [9.17, 15) is 22.8 Å². The van der Waals surface area contributed by atoms with Crippen LogP contribution in [0.1, 0.15) is 5.69 Å². The van der Waals surface area contributed by atoms with Crippen molar-refractivity contribution in [2.24, 2.45) is 4.99 Å². The highest BCUT2D eigenvalue weighted by Crippen LogP contribution is 2.24. The number of hydrazine groups is 1. The maximum atomic E-state index is 12.2. The fraction of sp³-hybridized carbons (Fsp3) is 0.111. The van der Waals surface area contributed by atoms with Crippen molar-refractivity contribution in [3.05, 3.63) is 65.5 Å². The Morgan fingerprint density at radius 3 is 2.50 bits per heavy atom. The van der Waals surface area contributed by atoms with Crippen molar-refractivity contribution in [3.63, 3.8) is 0 Å². The van der Waals surface area contributed by atoms with E-state index in [1.165, 1.54) is 12.1 Å². The third-order valence-electron chi connectivity index (χ3n) is 3.15. The normalized spacial score (nSPS) is 11.9. The zero-order valence-electron chi connectivity index (χ0n) is 15.0. The van der Waals surface area contributed by atoms with Crippen LogP contribution in [-0.4, -0.2) is 40.6 Å². The van der Waals surface area contributed by atoms with Crippen LogP contribution in [0.4, 0.5) is 18.9 Å². The van der Waals surface area contributed by atoms with E-state index in [1.807, 2.05) is 0 Å². The summed E-state index contributed by atoms with van der Waals surface area (Å²) in [5.41, 5.74) is 5.13. The van der Waals surface area contributed by atoms with Crippen LogP contribution in [0, 0.1) is 0 Å². The Bertz CT molecular complexity index is 963. The molecular formula is C18H14ClF3N4O4. The standard InChI is InChI=1S/C18H14ClF3N4O4/c19-12-3-1-2-4-13(12)24-17(26-25-15(27)7-8-16(28)29)14-6-5-11(9-23-14)30-10-18(20,21)22/h1-9H,10H2,(H,24,26)(H,25,27)(H,28,29)/b8-7+. The van der Waals surface area contributed by atoms with Crippen molar-refractivity contribution in [1.29, 1.82) is 0 Å². The summed E-state index contributed by atoms with van der Waals surface area (Å²) < 4.78 is 41.3. The summed E-state index contributed by atoms with van der Waals surface area (Å²) in [5, 5.41) is 8.84. The molecule has 1 aromatic heterocycles. The van der Waals surface area contributed by atoms with Gasteiger partial charge >= 0.3 is 12.1 Å². The number of ether oxygens (including phenoxy) is 1. The summed E-state index contributed by atoms with van der Waals surface area (Å²) in [6.07, 6.45) is -2.04. The summed E-state index contributed by atoms with van der Waals surface area (Å²) in [6.45, 7) is -1.47. The molecule has 2 aromatic rings. The van der Waals surface area contributed by atoms with Gasteiger partial charge in [0.1, 0.15) is 11.4 Å². The van der Waals surface area contributed by atoms with Gasteiger partial charge in [-0.25, -0.2) is 14.8 Å². The van der Waals surface area contributed by atoms with E-state index < -0.39 is 24.7 Å². The number of carboxylic acids is 1. The van der Waals surface area contributed by atoms with Gasteiger partial charge in [0.2, 0.25) is 0 Å². The first-order valence-corrected chi connectivity index (χ1v) is 8.48. The SMILES string of the molecule is O=C(O)/C=C/C(=O)NNC(=Nc1ccccc1Cl)c1ccc(OCC(F)(F)F)cn1. The molecule has 0 aliphatic heterocycles. The third kappa shape index (κ3) is 7.80. The molecule has 0 saturated heterocycles. The molecule has 3 N–H and O–H groups in total. The molecule has 0 aliphatic rings. The van der Waals surface area contributed by atoms with E-state index in [0.717, 1.165) is 12.3 Å². The number of nitrogens with one attached hydrogen (secondary N) is 2. The van der Waals surface area contributed by atoms with Gasteiger partial charge in [0, 0.05) is 12.2 Å². The monoisotopic (exact) mass is 442 g/mol. The number of amides is 1. The molecule has 158 valence electrons. The van der Waals surface area contributed by atoms with Gasteiger partial charge in [-0.1, -0.05) is 23.7 Å². The molecule has 0 bridgehead atoms. The molecule has 0 saturated carbocycles. The van der Waals surface area contributed by atoms with Crippen molar-refractivity contribution < 1.29 is 32.6 Å². The first-order valence-electron chi connectivity index (χ1n) is 8.10. The van der Waals surface area contributed by atoms with Gasteiger partial charge < -0.3 is 9.84 Å². The summed E-state index contributed by atoms with van der Waals surface area (Å²) in [7, 11) is 0. The Labute approximate surface area is 173 Å². The van der Waals surface area contributed by atoms with Crippen LogP contribution in [0.25, 0.3) is 0 Å². The van der Waals surface area contributed by atoms with Crippen molar-refractivity contribution >= 4 is 35.0 Å². The molecule has 12 heteroatoms. The number of hydrogen-bond donors (Lipinski definition) is 3. The fourth-order valence-electron chi connectivity index (χ4n) is 1.89. The molecule has 0 atom stereocenters. The number of aliphatic imine (C=N–C) groups is 1. The molecule has 1 aromatic carbocycles. The quantitative estimate of drug-likeness (QED) is 0.274. The number of pyridine rings is 1. The highest BCUT2D eigenvalue weighted by atomic mass is 35.5. The zero-order valence-corrected chi connectivity index (χ0v) is 15.7. The predicted molar refractivity (Wildman–Crippen MR) is 101 cm³/mol. The Hall–Kier alpha value is -3.60. The van der Waals surface area contributed by atoms with E-state index in [2.05, 4.69) is 25.6 Å². The topological polar surface area (TPSA) is 113 Å². The van der Waals surface area contributed by atoms with Gasteiger partial charge in [0.15, 0.2) is 12.4 Å². The van der Waals surface area contributed by atoms with Gasteiger partial charge in [-0.15, -0.1) is 0 Å². The van der Waals surface area contributed by atoms with Gasteiger partial charge in [-0.3, -0.25) is 15.6 Å². The maximum absolute atomic E-state index is 12.2. The number of aliphatic carboxylic acids is 1. The molecule has 0 radical (unpaired) electrons. The minimum atomic E-state index is -4.50. The smallest absolute Gasteiger partial charge is 0.422 e. The third-order valence-corrected chi connectivity index (χ3v) is 3.47. The molecule has 0 aliphatic carbocycles. The molecule has 0 spiro atoms. The Balaban J connectivity index is 2.24. The Morgan fingerprint density at radius 1 is 1.17 bits per heavy atom.